The van der Waals surface area contributed by atoms with Gasteiger partial charge >= 0.3 is 5.97 Å². The average molecular weight is 308 g/mol. The minimum absolute atomic E-state index is 0.142. The van der Waals surface area contributed by atoms with Crippen LogP contribution in [0.2, 0.25) is 0 Å². The number of hydrogen-bond donors (Lipinski definition) is 1. The van der Waals surface area contributed by atoms with Crippen LogP contribution in [0.1, 0.15) is 59.7 Å². The van der Waals surface area contributed by atoms with Crippen LogP contribution in [0.3, 0.4) is 0 Å². The molecule has 114 valence electrons. The predicted octanol–water partition coefficient (Wildman–Crippen LogP) is 3.12. The summed E-state index contributed by atoms with van der Waals surface area (Å²) < 4.78 is 4.98. The zero-order valence-corrected chi connectivity index (χ0v) is 13.2. The van der Waals surface area contributed by atoms with E-state index in [0.717, 1.165) is 5.92 Å². The number of ketones is 1. The first-order chi connectivity index (χ1) is 10.1. The van der Waals surface area contributed by atoms with Crippen molar-refractivity contribution in [2.75, 3.05) is 11.9 Å². The minimum Gasteiger partial charge on any atom is -0.461 e. The molecule has 21 heavy (non-hydrogen) atoms. The molecule has 0 radical (unpaired) electrons. The summed E-state index contributed by atoms with van der Waals surface area (Å²) in [4.78, 5) is 28.3. The highest BCUT2D eigenvalue weighted by molar-refractivity contribution is 7.17. The predicted molar refractivity (Wildman–Crippen MR) is 80.9 cm³/mol. The lowest BCUT2D eigenvalue weighted by Crippen LogP contribution is -2.25. The summed E-state index contributed by atoms with van der Waals surface area (Å²) in [6, 6.07) is 0.435. The number of thiazole rings is 1. The zero-order chi connectivity index (χ0) is 15.0. The van der Waals surface area contributed by atoms with Gasteiger partial charge in [0.05, 0.1) is 6.61 Å². The van der Waals surface area contributed by atoms with Crippen LogP contribution in [0.25, 0.3) is 0 Å². The van der Waals surface area contributed by atoms with E-state index in [-0.39, 0.29) is 18.1 Å². The normalized spacial score (nSPS) is 26.9. The number of carbonyl (C=O) groups excluding carboxylic acids is 2. The fourth-order valence-corrected chi connectivity index (χ4v) is 4.45. The van der Waals surface area contributed by atoms with Gasteiger partial charge in [-0.3, -0.25) is 4.79 Å². The van der Waals surface area contributed by atoms with Crippen molar-refractivity contribution >= 4 is 28.2 Å². The van der Waals surface area contributed by atoms with Gasteiger partial charge < -0.3 is 10.1 Å². The lowest BCUT2D eigenvalue weighted by Gasteiger charge is -2.22. The molecule has 1 N–H and O–H groups in total. The van der Waals surface area contributed by atoms with Gasteiger partial charge in [0, 0.05) is 13.0 Å². The summed E-state index contributed by atoms with van der Waals surface area (Å²) in [5.41, 5.74) is 0.153. The van der Waals surface area contributed by atoms with Crippen LogP contribution in [0.4, 0.5) is 5.13 Å². The van der Waals surface area contributed by atoms with Crippen LogP contribution >= 0.6 is 11.3 Å². The summed E-state index contributed by atoms with van der Waals surface area (Å²) in [6.07, 6.45) is 5.09. The highest BCUT2D eigenvalue weighted by atomic mass is 32.1. The maximum Gasteiger partial charge on any atom is 0.358 e. The number of Topliss-reactive ketones (excluding diaryl/α,β-unsaturated/α-hetero) is 1. The first-order valence-corrected chi connectivity index (χ1v) is 8.35. The van der Waals surface area contributed by atoms with Gasteiger partial charge in [-0.25, -0.2) is 9.78 Å². The Balaban J connectivity index is 1.78. The fraction of sp³-hybridized carbons (Fsp3) is 0.667. The largest absolute Gasteiger partial charge is 0.461 e. The van der Waals surface area contributed by atoms with Crippen molar-refractivity contribution < 1.29 is 14.3 Å². The highest BCUT2D eigenvalue weighted by Crippen LogP contribution is 2.45. The van der Waals surface area contributed by atoms with Crippen molar-refractivity contribution in [3.8, 4) is 0 Å². The molecule has 0 saturated heterocycles. The van der Waals surface area contributed by atoms with E-state index in [1.165, 1.54) is 43.9 Å². The van der Waals surface area contributed by atoms with Crippen LogP contribution in [-0.4, -0.2) is 29.4 Å². The fourth-order valence-electron chi connectivity index (χ4n) is 3.54. The van der Waals surface area contributed by atoms with Crippen LogP contribution in [0, 0.1) is 11.8 Å². The molecular weight excluding hydrogens is 288 g/mol. The highest BCUT2D eigenvalue weighted by Gasteiger charge is 2.40. The lowest BCUT2D eigenvalue weighted by atomic mass is 9.96. The first-order valence-electron chi connectivity index (χ1n) is 7.54. The molecule has 5 nitrogen and oxygen atoms in total. The summed E-state index contributed by atoms with van der Waals surface area (Å²) >= 11 is 1.26. The molecule has 0 aliphatic heterocycles. The topological polar surface area (TPSA) is 68.3 Å². The Morgan fingerprint density at radius 1 is 1.38 bits per heavy atom. The number of esters is 1. The Kier molecular flexibility index (Phi) is 3.97. The van der Waals surface area contributed by atoms with Gasteiger partial charge in [-0.15, -0.1) is 0 Å². The van der Waals surface area contributed by atoms with E-state index >= 15 is 0 Å². The van der Waals surface area contributed by atoms with E-state index < -0.39 is 5.97 Å². The van der Waals surface area contributed by atoms with E-state index in [1.54, 1.807) is 6.92 Å². The molecule has 0 aromatic carbocycles. The molecule has 2 aliphatic carbocycles. The molecule has 2 fully saturated rings. The maximum atomic E-state index is 11.9. The molecule has 2 saturated carbocycles. The first kappa shape index (κ1) is 14.5. The van der Waals surface area contributed by atoms with E-state index in [0.29, 0.717) is 22.0 Å². The zero-order valence-electron chi connectivity index (χ0n) is 12.3. The van der Waals surface area contributed by atoms with E-state index in [2.05, 4.69) is 10.3 Å². The molecule has 3 unspecified atom stereocenters. The van der Waals surface area contributed by atoms with Crippen LogP contribution in [0.5, 0.6) is 0 Å². The number of nitrogens with one attached hydrogen (secondary N) is 1. The molecule has 1 heterocycles. The van der Waals surface area contributed by atoms with Gasteiger partial charge in [-0.1, -0.05) is 17.8 Å². The second-order valence-corrected chi connectivity index (χ2v) is 6.90. The standard InChI is InChI=1S/C15H20N2O3S/c1-3-20-14(19)12-13(8(2)18)21-15(17-12)16-11-7-9-4-5-10(11)6-9/h9-11H,3-7H2,1-2H3,(H,16,17). The van der Waals surface area contributed by atoms with Gasteiger partial charge in [0.1, 0.15) is 4.88 Å². The minimum atomic E-state index is -0.514. The quantitative estimate of drug-likeness (QED) is 0.668. The molecule has 3 rings (SSSR count). The van der Waals surface area contributed by atoms with E-state index in [1.807, 2.05) is 0 Å². The van der Waals surface area contributed by atoms with Crippen molar-refractivity contribution in [2.45, 2.75) is 45.6 Å². The molecule has 6 heteroatoms. The second kappa shape index (κ2) is 5.75. The van der Waals surface area contributed by atoms with Gasteiger partial charge in [0.25, 0.3) is 0 Å². The average Bonchev–Trinajstić information content (AvgIpc) is 3.13. The van der Waals surface area contributed by atoms with Gasteiger partial charge in [0.15, 0.2) is 16.6 Å². The van der Waals surface area contributed by atoms with Crippen LogP contribution < -0.4 is 5.32 Å². The number of nitrogens with zero attached hydrogens (tertiary/aromatic N) is 1. The van der Waals surface area contributed by atoms with Crippen molar-refractivity contribution in [2.24, 2.45) is 11.8 Å². The molecule has 0 spiro atoms. The molecule has 1 aromatic heterocycles. The third-order valence-corrected chi connectivity index (χ3v) is 5.55. The number of rotatable bonds is 5. The van der Waals surface area contributed by atoms with Crippen LogP contribution in [-0.2, 0) is 4.74 Å². The monoisotopic (exact) mass is 308 g/mol. The van der Waals surface area contributed by atoms with Crippen molar-refractivity contribution in [3.05, 3.63) is 10.6 Å². The van der Waals surface area contributed by atoms with Gasteiger partial charge in [-0.05, 0) is 38.0 Å². The van der Waals surface area contributed by atoms with Crippen molar-refractivity contribution in [3.63, 3.8) is 0 Å². The Bertz CT molecular complexity index is 569. The number of carbonyl (C=O) groups is 2. The number of fused-ring (bicyclic) bond motifs is 2. The van der Waals surface area contributed by atoms with E-state index in [4.69, 9.17) is 4.74 Å². The van der Waals surface area contributed by atoms with Crippen LogP contribution in [0.15, 0.2) is 0 Å². The number of hydrogen-bond acceptors (Lipinski definition) is 6. The summed E-state index contributed by atoms with van der Waals surface area (Å²) in [5.74, 6) is 0.895. The Labute approximate surface area is 128 Å². The number of anilines is 1. The Hall–Kier alpha value is -1.43. The molecule has 1 aromatic rings. The van der Waals surface area contributed by atoms with Crippen molar-refractivity contribution in [1.82, 2.24) is 4.98 Å². The molecule has 0 amide bonds. The summed E-state index contributed by atoms with van der Waals surface area (Å²) in [5, 5.41) is 4.10. The molecule has 3 atom stereocenters. The third kappa shape index (κ3) is 2.81. The molecular formula is C15H20N2O3S. The number of aromatic nitrogens is 1. The third-order valence-electron chi connectivity index (χ3n) is 4.46. The summed E-state index contributed by atoms with van der Waals surface area (Å²) in [6.45, 7) is 3.48. The number of ether oxygens (including phenoxy) is 1. The molecule has 2 aliphatic rings. The Morgan fingerprint density at radius 2 is 2.19 bits per heavy atom. The lowest BCUT2D eigenvalue weighted by molar-refractivity contribution is 0.0517. The summed E-state index contributed by atoms with van der Waals surface area (Å²) in [7, 11) is 0. The van der Waals surface area contributed by atoms with Crippen molar-refractivity contribution in [1.29, 1.82) is 0 Å². The molecule has 2 bridgehead atoms. The van der Waals surface area contributed by atoms with Gasteiger partial charge in [-0.2, -0.15) is 0 Å². The second-order valence-electron chi connectivity index (χ2n) is 5.90. The Morgan fingerprint density at radius 3 is 2.76 bits per heavy atom. The maximum absolute atomic E-state index is 11.9. The smallest absolute Gasteiger partial charge is 0.358 e. The van der Waals surface area contributed by atoms with Gasteiger partial charge in [0.2, 0.25) is 0 Å². The SMILES string of the molecule is CCOC(=O)c1nc(NC2CC3CCC2C3)sc1C(C)=O. The van der Waals surface area contributed by atoms with E-state index in [9.17, 15) is 9.59 Å².